The number of amides is 2. The predicted octanol–water partition coefficient (Wildman–Crippen LogP) is -0.648. The van der Waals surface area contributed by atoms with Crippen molar-refractivity contribution in [3.8, 4) is 0 Å². The number of rotatable bonds is 4. The highest BCUT2D eigenvalue weighted by Gasteiger charge is 2.29. The fourth-order valence-corrected chi connectivity index (χ4v) is 1.93. The van der Waals surface area contributed by atoms with Gasteiger partial charge in [0.1, 0.15) is 12.2 Å². The molecule has 1 aliphatic heterocycles. The molecule has 0 saturated carbocycles. The van der Waals surface area contributed by atoms with Crippen molar-refractivity contribution in [2.75, 3.05) is 11.9 Å². The molecule has 0 aromatic heterocycles. The zero-order valence-electron chi connectivity index (χ0n) is 10.7. The number of carbonyl (C=O) groups excluding carboxylic acids is 3. The molecule has 1 heterocycles. The van der Waals surface area contributed by atoms with Gasteiger partial charge in [0.05, 0.1) is 11.3 Å². The normalized spacial score (nSPS) is 16.4. The minimum atomic E-state index is -1.27. The number of ketones is 1. The zero-order valence-corrected chi connectivity index (χ0v) is 10.7. The van der Waals surface area contributed by atoms with Crippen molar-refractivity contribution in [1.82, 2.24) is 5.32 Å². The lowest BCUT2D eigenvalue weighted by molar-refractivity contribution is -0.119. The van der Waals surface area contributed by atoms with Crippen LogP contribution in [0.3, 0.4) is 0 Å². The molecular formula is C13H14N2O5. The summed E-state index contributed by atoms with van der Waals surface area (Å²) < 4.78 is 0. The summed E-state index contributed by atoms with van der Waals surface area (Å²) in [6.07, 6.45) is -2.48. The molecule has 2 rings (SSSR count). The van der Waals surface area contributed by atoms with E-state index in [0.29, 0.717) is 11.3 Å². The lowest BCUT2D eigenvalue weighted by Gasteiger charge is -2.18. The number of Topliss-reactive ketones (excluding diaryl/α,β-unsaturated/α-hetero) is 1. The monoisotopic (exact) mass is 278 g/mol. The number of hydrogen-bond donors (Lipinski definition) is 4. The molecule has 106 valence electrons. The maximum absolute atomic E-state index is 11.5. The van der Waals surface area contributed by atoms with Crippen LogP contribution in [0, 0.1) is 0 Å². The molecule has 4 N–H and O–H groups in total. The van der Waals surface area contributed by atoms with Crippen LogP contribution < -0.4 is 10.6 Å². The van der Waals surface area contributed by atoms with Crippen LogP contribution in [0.5, 0.6) is 0 Å². The van der Waals surface area contributed by atoms with Gasteiger partial charge in [-0.1, -0.05) is 6.07 Å². The van der Waals surface area contributed by atoms with Crippen molar-refractivity contribution in [1.29, 1.82) is 0 Å². The van der Waals surface area contributed by atoms with E-state index in [4.69, 9.17) is 0 Å². The summed E-state index contributed by atoms with van der Waals surface area (Å²) in [6, 6.07) is 4.35. The molecule has 20 heavy (non-hydrogen) atoms. The Morgan fingerprint density at radius 2 is 2.05 bits per heavy atom. The minimum Gasteiger partial charge on any atom is -0.388 e. The van der Waals surface area contributed by atoms with E-state index in [2.05, 4.69) is 10.6 Å². The lowest BCUT2D eigenvalue weighted by Crippen LogP contribution is -2.34. The van der Waals surface area contributed by atoms with Crippen molar-refractivity contribution >= 4 is 23.3 Å². The third-order valence-corrected chi connectivity index (χ3v) is 3.01. The summed E-state index contributed by atoms with van der Waals surface area (Å²) in [4.78, 5) is 33.5. The van der Waals surface area contributed by atoms with Crippen LogP contribution in [-0.2, 0) is 9.59 Å². The van der Waals surface area contributed by atoms with Crippen molar-refractivity contribution < 1.29 is 24.6 Å². The molecule has 0 aliphatic carbocycles. The van der Waals surface area contributed by atoms with Crippen molar-refractivity contribution in [2.24, 2.45) is 0 Å². The Morgan fingerprint density at radius 3 is 2.70 bits per heavy atom. The second kappa shape index (κ2) is 5.40. The zero-order chi connectivity index (χ0) is 14.9. The van der Waals surface area contributed by atoms with Crippen LogP contribution in [0.4, 0.5) is 5.69 Å². The van der Waals surface area contributed by atoms with Crippen molar-refractivity contribution in [3.05, 3.63) is 29.3 Å². The molecule has 0 spiro atoms. The van der Waals surface area contributed by atoms with E-state index in [1.54, 1.807) is 0 Å². The first kappa shape index (κ1) is 14.2. The van der Waals surface area contributed by atoms with E-state index < -0.39 is 23.9 Å². The summed E-state index contributed by atoms with van der Waals surface area (Å²) in [6.45, 7) is 1.18. The smallest absolute Gasteiger partial charge is 0.296 e. The fraction of sp³-hybridized carbons (Fsp3) is 0.308. The van der Waals surface area contributed by atoms with E-state index in [0.717, 1.165) is 0 Å². The van der Waals surface area contributed by atoms with Crippen LogP contribution in [0.2, 0.25) is 0 Å². The summed E-state index contributed by atoms with van der Waals surface area (Å²) in [7, 11) is 0. The molecule has 0 fully saturated rings. The Bertz CT molecular complexity index is 584. The van der Waals surface area contributed by atoms with Crippen LogP contribution >= 0.6 is 0 Å². The van der Waals surface area contributed by atoms with Crippen LogP contribution in [-0.4, -0.2) is 40.5 Å². The van der Waals surface area contributed by atoms with Gasteiger partial charge in [0.15, 0.2) is 0 Å². The van der Waals surface area contributed by atoms with Gasteiger partial charge >= 0.3 is 0 Å². The Labute approximate surface area is 114 Å². The number of benzene rings is 1. The maximum atomic E-state index is 11.5. The summed E-state index contributed by atoms with van der Waals surface area (Å²) in [5, 5.41) is 24.5. The maximum Gasteiger partial charge on any atom is 0.296 e. The van der Waals surface area contributed by atoms with Gasteiger partial charge in [-0.15, -0.1) is 0 Å². The lowest BCUT2D eigenvalue weighted by atomic mass is 10.00. The van der Waals surface area contributed by atoms with E-state index in [1.807, 2.05) is 0 Å². The standard InChI is InChI=1S/C13H14N2O5/c1-6(16)14-5-10(17)11(18)7-2-3-9-8(4-7)12(19)13(20)15-9/h2-4,10-11,17-18H,5H2,1H3,(H,14,16)(H,15,19,20). The topological polar surface area (TPSA) is 116 Å². The van der Waals surface area contributed by atoms with Crippen molar-refractivity contribution in [2.45, 2.75) is 19.1 Å². The van der Waals surface area contributed by atoms with Gasteiger partial charge in [-0.2, -0.15) is 0 Å². The van der Waals surface area contributed by atoms with E-state index in [1.165, 1.54) is 25.1 Å². The van der Waals surface area contributed by atoms with Gasteiger partial charge in [-0.25, -0.2) is 0 Å². The quantitative estimate of drug-likeness (QED) is 0.546. The Hall–Kier alpha value is -2.25. The molecule has 2 unspecified atom stereocenters. The Morgan fingerprint density at radius 1 is 1.35 bits per heavy atom. The Kier molecular flexibility index (Phi) is 3.82. The van der Waals surface area contributed by atoms with Crippen LogP contribution in [0.25, 0.3) is 0 Å². The van der Waals surface area contributed by atoms with Gasteiger partial charge in [-0.3, -0.25) is 14.4 Å². The molecule has 1 aromatic carbocycles. The van der Waals surface area contributed by atoms with Crippen LogP contribution in [0.1, 0.15) is 28.9 Å². The largest absolute Gasteiger partial charge is 0.388 e. The number of carbonyl (C=O) groups is 3. The first-order valence-corrected chi connectivity index (χ1v) is 6.00. The van der Waals surface area contributed by atoms with Crippen molar-refractivity contribution in [3.63, 3.8) is 0 Å². The highest BCUT2D eigenvalue weighted by atomic mass is 16.3. The first-order chi connectivity index (χ1) is 9.40. The number of aliphatic hydroxyl groups excluding tert-OH is 2. The molecule has 7 nitrogen and oxygen atoms in total. The molecular weight excluding hydrogens is 264 g/mol. The number of hydrogen-bond acceptors (Lipinski definition) is 5. The summed E-state index contributed by atoms with van der Waals surface area (Å²) in [5.74, 6) is -1.72. The molecule has 0 saturated heterocycles. The summed E-state index contributed by atoms with van der Waals surface area (Å²) >= 11 is 0. The third-order valence-electron chi connectivity index (χ3n) is 3.01. The van der Waals surface area contributed by atoms with E-state index in [9.17, 15) is 24.6 Å². The Balaban J connectivity index is 2.16. The third kappa shape index (κ3) is 2.68. The minimum absolute atomic E-state index is 0.112. The number of nitrogens with one attached hydrogen (secondary N) is 2. The van der Waals surface area contributed by atoms with Crippen LogP contribution in [0.15, 0.2) is 18.2 Å². The van der Waals surface area contributed by atoms with E-state index in [-0.39, 0.29) is 18.0 Å². The molecule has 2 atom stereocenters. The number of anilines is 1. The first-order valence-electron chi connectivity index (χ1n) is 6.00. The second-order valence-corrected chi connectivity index (χ2v) is 4.54. The van der Waals surface area contributed by atoms with E-state index >= 15 is 0 Å². The fourth-order valence-electron chi connectivity index (χ4n) is 1.93. The van der Waals surface area contributed by atoms with Gasteiger partial charge in [0.2, 0.25) is 5.91 Å². The highest BCUT2D eigenvalue weighted by molar-refractivity contribution is 6.51. The number of aliphatic hydroxyl groups is 2. The number of fused-ring (bicyclic) bond motifs is 1. The van der Waals surface area contributed by atoms with Gasteiger partial charge in [0.25, 0.3) is 11.7 Å². The molecule has 0 bridgehead atoms. The predicted molar refractivity (Wildman–Crippen MR) is 69.1 cm³/mol. The molecule has 1 aromatic rings. The molecule has 0 radical (unpaired) electrons. The van der Waals surface area contributed by atoms with Gasteiger partial charge in [-0.05, 0) is 17.7 Å². The second-order valence-electron chi connectivity index (χ2n) is 4.54. The molecule has 7 heteroatoms. The highest BCUT2D eigenvalue weighted by Crippen LogP contribution is 2.27. The SMILES string of the molecule is CC(=O)NCC(O)C(O)c1ccc2c(c1)C(=O)C(=O)N2. The van der Waals surface area contributed by atoms with Gasteiger partial charge < -0.3 is 20.8 Å². The molecule has 1 aliphatic rings. The average Bonchev–Trinajstić information content (AvgIpc) is 2.70. The molecule has 2 amide bonds. The van der Waals surface area contributed by atoms with Gasteiger partial charge in [0, 0.05) is 13.5 Å². The summed E-state index contributed by atoms with van der Waals surface area (Å²) in [5.41, 5.74) is 0.844. The average molecular weight is 278 g/mol.